The van der Waals surface area contributed by atoms with Gasteiger partial charge in [-0.05, 0) is 37.5 Å². The second-order valence-electron chi connectivity index (χ2n) is 6.24. The highest BCUT2D eigenvalue weighted by atomic mass is 19.1. The van der Waals surface area contributed by atoms with E-state index in [1.54, 1.807) is 6.07 Å². The van der Waals surface area contributed by atoms with E-state index in [0.29, 0.717) is 29.9 Å². The van der Waals surface area contributed by atoms with Crippen molar-refractivity contribution in [2.45, 2.75) is 31.3 Å². The molecule has 2 saturated heterocycles. The average molecular weight is 330 g/mol. The quantitative estimate of drug-likeness (QED) is 0.932. The minimum Gasteiger partial charge on any atom is -0.381 e. The van der Waals surface area contributed by atoms with Crippen LogP contribution in [0.25, 0.3) is 10.9 Å². The molecule has 6 nitrogen and oxygen atoms in total. The van der Waals surface area contributed by atoms with Crippen LogP contribution in [0.5, 0.6) is 0 Å². The first kappa shape index (κ1) is 15.3. The van der Waals surface area contributed by atoms with Gasteiger partial charge in [-0.3, -0.25) is 4.79 Å². The van der Waals surface area contributed by atoms with Gasteiger partial charge in [0.05, 0.1) is 5.52 Å². The van der Waals surface area contributed by atoms with Crippen molar-refractivity contribution in [1.29, 1.82) is 0 Å². The Kier molecular flexibility index (Phi) is 4.02. The number of amides is 1. The molecule has 1 aromatic heterocycles. The lowest BCUT2D eigenvalue weighted by Gasteiger charge is -2.31. The van der Waals surface area contributed by atoms with Gasteiger partial charge in [0, 0.05) is 31.2 Å². The summed E-state index contributed by atoms with van der Waals surface area (Å²) in [4.78, 5) is 23.0. The smallest absolute Gasteiger partial charge is 0.245 e. The molecule has 126 valence electrons. The van der Waals surface area contributed by atoms with Gasteiger partial charge in [0.2, 0.25) is 5.91 Å². The molecule has 7 heteroatoms. The van der Waals surface area contributed by atoms with E-state index >= 15 is 0 Å². The lowest BCUT2D eigenvalue weighted by Crippen LogP contribution is -2.43. The maximum absolute atomic E-state index is 13.5. The summed E-state index contributed by atoms with van der Waals surface area (Å²) in [5, 5.41) is 3.78. The van der Waals surface area contributed by atoms with Gasteiger partial charge in [0.1, 0.15) is 24.0 Å². The van der Waals surface area contributed by atoms with E-state index in [1.165, 1.54) is 18.5 Å². The molecule has 2 fully saturated rings. The molecular weight excluding hydrogens is 311 g/mol. The van der Waals surface area contributed by atoms with E-state index in [-0.39, 0.29) is 23.8 Å². The molecule has 0 aliphatic carbocycles. The molecule has 0 unspecified atom stereocenters. The molecule has 3 heterocycles. The van der Waals surface area contributed by atoms with Crippen LogP contribution in [0, 0.1) is 5.82 Å². The Morgan fingerprint density at radius 1 is 1.21 bits per heavy atom. The highest BCUT2D eigenvalue weighted by Crippen LogP contribution is 2.26. The first-order valence-electron chi connectivity index (χ1n) is 8.27. The molecule has 2 aliphatic rings. The van der Waals surface area contributed by atoms with Crippen LogP contribution in [0.2, 0.25) is 0 Å². The monoisotopic (exact) mass is 330 g/mol. The molecule has 1 atom stereocenters. The summed E-state index contributed by atoms with van der Waals surface area (Å²) in [6, 6.07) is 4.31. The summed E-state index contributed by atoms with van der Waals surface area (Å²) in [6.45, 7) is 2.16. The van der Waals surface area contributed by atoms with E-state index in [2.05, 4.69) is 15.3 Å². The second kappa shape index (κ2) is 6.32. The van der Waals surface area contributed by atoms with Crippen molar-refractivity contribution < 1.29 is 13.9 Å². The standard InChI is InChI=1S/C17H19FN4O2/c18-11-1-2-14-13(9-11)16(20-10-19-14)21-15-3-6-22(17(15)23)12-4-7-24-8-5-12/h1-2,9-10,12,15H,3-8H2,(H,19,20,21)/t15-/m0/s1. The van der Waals surface area contributed by atoms with Crippen LogP contribution in [-0.4, -0.2) is 52.6 Å². The number of anilines is 1. The first-order chi connectivity index (χ1) is 11.7. The number of hydrogen-bond donors (Lipinski definition) is 1. The predicted molar refractivity (Wildman–Crippen MR) is 87.1 cm³/mol. The molecule has 2 aromatic rings. The fourth-order valence-electron chi connectivity index (χ4n) is 3.50. The van der Waals surface area contributed by atoms with Gasteiger partial charge in [-0.25, -0.2) is 14.4 Å². The van der Waals surface area contributed by atoms with E-state index in [4.69, 9.17) is 4.74 Å². The van der Waals surface area contributed by atoms with Gasteiger partial charge in [0.25, 0.3) is 0 Å². The van der Waals surface area contributed by atoms with Crippen LogP contribution in [0.3, 0.4) is 0 Å². The van der Waals surface area contributed by atoms with Gasteiger partial charge >= 0.3 is 0 Å². The predicted octanol–water partition coefficient (Wildman–Crippen LogP) is 1.96. The zero-order valence-electron chi connectivity index (χ0n) is 13.2. The Labute approximate surface area is 139 Å². The zero-order valence-corrected chi connectivity index (χ0v) is 13.2. The van der Waals surface area contributed by atoms with Crippen molar-refractivity contribution in [2.75, 3.05) is 25.1 Å². The van der Waals surface area contributed by atoms with Crippen LogP contribution in [0.1, 0.15) is 19.3 Å². The van der Waals surface area contributed by atoms with Gasteiger partial charge < -0.3 is 15.0 Å². The van der Waals surface area contributed by atoms with Crippen molar-refractivity contribution in [3.05, 3.63) is 30.3 Å². The fraction of sp³-hybridized carbons (Fsp3) is 0.471. The summed E-state index contributed by atoms with van der Waals surface area (Å²) in [5.41, 5.74) is 0.653. The van der Waals surface area contributed by atoms with Crippen molar-refractivity contribution in [1.82, 2.24) is 14.9 Å². The molecule has 24 heavy (non-hydrogen) atoms. The van der Waals surface area contributed by atoms with Gasteiger partial charge in [0.15, 0.2) is 0 Å². The third-order valence-electron chi connectivity index (χ3n) is 4.78. The number of halogens is 1. The number of aromatic nitrogens is 2. The highest BCUT2D eigenvalue weighted by molar-refractivity contribution is 5.92. The maximum Gasteiger partial charge on any atom is 0.245 e. The number of nitrogens with zero attached hydrogens (tertiary/aromatic N) is 3. The minimum atomic E-state index is -0.345. The van der Waals surface area contributed by atoms with Crippen LogP contribution < -0.4 is 5.32 Å². The molecule has 1 amide bonds. The highest BCUT2D eigenvalue weighted by Gasteiger charge is 2.36. The first-order valence-corrected chi connectivity index (χ1v) is 8.27. The largest absolute Gasteiger partial charge is 0.381 e. The Morgan fingerprint density at radius 2 is 2.04 bits per heavy atom. The Balaban J connectivity index is 1.54. The molecule has 1 aromatic carbocycles. The molecule has 0 bridgehead atoms. The molecule has 4 rings (SSSR count). The number of ether oxygens (including phenoxy) is 1. The summed E-state index contributed by atoms with van der Waals surface area (Å²) in [7, 11) is 0. The number of carbonyl (C=O) groups is 1. The van der Waals surface area contributed by atoms with E-state index in [9.17, 15) is 9.18 Å². The van der Waals surface area contributed by atoms with E-state index in [0.717, 1.165) is 25.8 Å². The number of carbonyl (C=O) groups excluding carboxylic acids is 1. The summed E-state index contributed by atoms with van der Waals surface area (Å²) >= 11 is 0. The number of hydrogen-bond acceptors (Lipinski definition) is 5. The normalized spacial score (nSPS) is 22.3. The van der Waals surface area contributed by atoms with Crippen molar-refractivity contribution in [3.63, 3.8) is 0 Å². The maximum atomic E-state index is 13.5. The zero-order chi connectivity index (χ0) is 16.5. The molecule has 0 saturated carbocycles. The van der Waals surface area contributed by atoms with E-state index < -0.39 is 0 Å². The third kappa shape index (κ3) is 2.80. The topological polar surface area (TPSA) is 67.4 Å². The number of rotatable bonds is 3. The second-order valence-corrected chi connectivity index (χ2v) is 6.24. The molecule has 1 N–H and O–H groups in total. The van der Waals surface area contributed by atoms with Gasteiger partial charge in [-0.1, -0.05) is 0 Å². The van der Waals surface area contributed by atoms with Crippen molar-refractivity contribution in [3.8, 4) is 0 Å². The number of likely N-dealkylation sites (tertiary alicyclic amines) is 1. The molecule has 0 spiro atoms. The fourth-order valence-corrected chi connectivity index (χ4v) is 3.50. The van der Waals surface area contributed by atoms with Crippen LogP contribution in [0.15, 0.2) is 24.5 Å². The van der Waals surface area contributed by atoms with Gasteiger partial charge in [-0.2, -0.15) is 0 Å². The Bertz CT molecular complexity index is 763. The summed E-state index contributed by atoms with van der Waals surface area (Å²) < 4.78 is 18.9. The van der Waals surface area contributed by atoms with Crippen molar-refractivity contribution >= 4 is 22.6 Å². The van der Waals surface area contributed by atoms with E-state index in [1.807, 2.05) is 4.90 Å². The lowest BCUT2D eigenvalue weighted by atomic mass is 10.1. The summed E-state index contributed by atoms with van der Waals surface area (Å²) in [6.07, 6.45) is 3.93. The average Bonchev–Trinajstić information content (AvgIpc) is 2.97. The molecule has 2 aliphatic heterocycles. The number of nitrogens with one attached hydrogen (secondary N) is 1. The van der Waals surface area contributed by atoms with Crippen LogP contribution in [0.4, 0.5) is 10.2 Å². The SMILES string of the molecule is O=C1[C@@H](Nc2ncnc3ccc(F)cc23)CCN1C1CCOCC1. The summed E-state index contributed by atoms with van der Waals surface area (Å²) in [5.74, 6) is 0.249. The minimum absolute atomic E-state index is 0.0880. The number of benzene rings is 1. The third-order valence-corrected chi connectivity index (χ3v) is 4.78. The van der Waals surface area contributed by atoms with Gasteiger partial charge in [-0.15, -0.1) is 0 Å². The number of fused-ring (bicyclic) bond motifs is 1. The van der Waals surface area contributed by atoms with Crippen molar-refractivity contribution in [2.24, 2.45) is 0 Å². The Morgan fingerprint density at radius 3 is 2.88 bits per heavy atom. The Hall–Kier alpha value is -2.28. The molecule has 0 radical (unpaired) electrons. The van der Waals surface area contributed by atoms with Crippen LogP contribution in [-0.2, 0) is 9.53 Å². The molecular formula is C17H19FN4O2. The lowest BCUT2D eigenvalue weighted by molar-refractivity contribution is -0.131. The van der Waals surface area contributed by atoms with Crippen LogP contribution >= 0.6 is 0 Å².